The molecule has 330 valence electrons. The predicted molar refractivity (Wildman–Crippen MR) is 251 cm³/mol. The minimum Gasteiger partial charge on any atom is -0.462 e. The zero-order valence-electron chi connectivity index (χ0n) is 37.8. The molecule has 1 atom stereocenters. The van der Waals surface area contributed by atoms with E-state index in [-0.39, 0.29) is 25.2 Å². The van der Waals surface area contributed by atoms with Crippen LogP contribution in [0.3, 0.4) is 0 Å². The van der Waals surface area contributed by atoms with Crippen molar-refractivity contribution in [2.75, 3.05) is 19.8 Å². The highest BCUT2D eigenvalue weighted by molar-refractivity contribution is 5.70. The molecule has 5 nitrogen and oxygen atoms in total. The average molecular weight is 805 g/mol. The Bertz CT molecular complexity index is 1140. The molecule has 0 amide bonds. The van der Waals surface area contributed by atoms with Crippen molar-refractivity contribution < 1.29 is 23.8 Å². The summed E-state index contributed by atoms with van der Waals surface area (Å²) < 4.78 is 17.3. The molecule has 1 unspecified atom stereocenters. The van der Waals surface area contributed by atoms with E-state index in [4.69, 9.17) is 14.2 Å². The summed E-state index contributed by atoms with van der Waals surface area (Å²) in [5.74, 6) is -0.456. The van der Waals surface area contributed by atoms with Gasteiger partial charge in [0.25, 0.3) is 0 Å². The number of allylic oxidation sites excluding steroid dienone is 16. The summed E-state index contributed by atoms with van der Waals surface area (Å²) in [5.41, 5.74) is 0. The molecule has 0 saturated carbocycles. The van der Waals surface area contributed by atoms with Crippen LogP contribution in [0.15, 0.2) is 97.2 Å². The van der Waals surface area contributed by atoms with Crippen LogP contribution in [0.25, 0.3) is 0 Å². The molecule has 0 aliphatic rings. The van der Waals surface area contributed by atoms with Gasteiger partial charge in [-0.1, -0.05) is 176 Å². The number of unbranched alkanes of at least 4 members (excludes halogenated alkanes) is 15. The lowest BCUT2D eigenvalue weighted by molar-refractivity contribution is -0.163. The fourth-order valence-corrected chi connectivity index (χ4v) is 6.08. The Kier molecular flexibility index (Phi) is 45.5. The van der Waals surface area contributed by atoms with Crippen molar-refractivity contribution in [3.05, 3.63) is 97.2 Å². The fraction of sp³-hybridized carbons (Fsp3) is 0.660. The monoisotopic (exact) mass is 805 g/mol. The minimum atomic E-state index is -0.566. The molecule has 0 aliphatic carbocycles. The van der Waals surface area contributed by atoms with Gasteiger partial charge in [0.15, 0.2) is 6.10 Å². The second-order valence-electron chi connectivity index (χ2n) is 15.2. The summed E-state index contributed by atoms with van der Waals surface area (Å²) in [6, 6.07) is 0. The number of carbonyl (C=O) groups is 2. The second kappa shape index (κ2) is 48.2. The Balaban J connectivity index is 4.35. The van der Waals surface area contributed by atoms with Gasteiger partial charge < -0.3 is 14.2 Å². The van der Waals surface area contributed by atoms with E-state index < -0.39 is 6.10 Å². The van der Waals surface area contributed by atoms with Gasteiger partial charge in [0.2, 0.25) is 0 Å². The molecule has 0 aliphatic heterocycles. The summed E-state index contributed by atoms with van der Waals surface area (Å²) in [7, 11) is 0. The van der Waals surface area contributed by atoms with Crippen LogP contribution in [-0.4, -0.2) is 37.9 Å². The summed E-state index contributed by atoms with van der Waals surface area (Å²) in [6.45, 7) is 7.47. The number of carbonyl (C=O) groups excluding carboxylic acids is 2. The molecular formula is C53H88O5. The molecule has 5 heteroatoms. The Morgan fingerprint density at radius 3 is 1.26 bits per heavy atom. The third-order valence-corrected chi connectivity index (χ3v) is 9.58. The average Bonchev–Trinajstić information content (AvgIpc) is 3.22. The van der Waals surface area contributed by atoms with E-state index in [0.717, 1.165) is 122 Å². The van der Waals surface area contributed by atoms with Gasteiger partial charge in [-0.25, -0.2) is 0 Å². The van der Waals surface area contributed by atoms with Crippen LogP contribution < -0.4 is 0 Å². The number of hydrogen-bond donors (Lipinski definition) is 0. The maximum atomic E-state index is 12.7. The topological polar surface area (TPSA) is 61.8 Å². The summed E-state index contributed by atoms with van der Waals surface area (Å²) in [6.07, 6.45) is 64.1. The number of ether oxygens (including phenoxy) is 3. The first-order valence-electron chi connectivity index (χ1n) is 23.8. The standard InChI is InChI=1S/C53H88O5/c1-4-7-10-13-16-19-22-24-26-27-28-29-32-34-37-40-43-46-52(54)57-50-51(58-53(55)47-44-41-38-35-31-21-18-15-12-9-6-3)49-56-48-45-42-39-36-33-30-25-23-20-17-14-11-8-5-2/h7-8,10-11,15-20,24-26,28-30,51H,4-6,9,12-14,21-23,27,31-50H2,1-3H3/b10-7-,11-8-,18-15-,19-16-,20-17-,26-24-,29-28-,30-25-. The Labute approximate surface area is 358 Å². The van der Waals surface area contributed by atoms with E-state index in [1.165, 1.54) is 44.9 Å². The van der Waals surface area contributed by atoms with E-state index in [9.17, 15) is 9.59 Å². The van der Waals surface area contributed by atoms with Gasteiger partial charge in [0, 0.05) is 19.4 Å². The zero-order chi connectivity index (χ0) is 42.1. The molecule has 0 aromatic carbocycles. The quantitative estimate of drug-likeness (QED) is 0.0349. The molecule has 0 heterocycles. The van der Waals surface area contributed by atoms with Crippen LogP contribution in [-0.2, 0) is 23.8 Å². The SMILES string of the molecule is CC/C=C\C/C=C\C/C=C\C/C=C\CCCCCCC(=O)OCC(COCCCCCC/C=C\C/C=C\C/C=C\CC)OC(=O)CCCCCCC/C=C\CCCC. The molecule has 0 aromatic rings. The van der Waals surface area contributed by atoms with E-state index in [1.807, 2.05) is 0 Å². The highest BCUT2D eigenvalue weighted by Gasteiger charge is 2.17. The first-order chi connectivity index (χ1) is 28.6. The summed E-state index contributed by atoms with van der Waals surface area (Å²) >= 11 is 0. The van der Waals surface area contributed by atoms with Gasteiger partial charge in [0.1, 0.15) is 6.61 Å². The lowest BCUT2D eigenvalue weighted by Crippen LogP contribution is -2.30. The smallest absolute Gasteiger partial charge is 0.306 e. The maximum Gasteiger partial charge on any atom is 0.306 e. The van der Waals surface area contributed by atoms with Crippen molar-refractivity contribution in [1.29, 1.82) is 0 Å². The second-order valence-corrected chi connectivity index (χ2v) is 15.2. The number of hydrogen-bond acceptors (Lipinski definition) is 5. The maximum absolute atomic E-state index is 12.7. The Morgan fingerprint density at radius 1 is 0.397 bits per heavy atom. The van der Waals surface area contributed by atoms with Crippen LogP contribution in [0.2, 0.25) is 0 Å². The van der Waals surface area contributed by atoms with Gasteiger partial charge in [-0.2, -0.15) is 0 Å². The van der Waals surface area contributed by atoms with Gasteiger partial charge in [0.05, 0.1) is 6.61 Å². The van der Waals surface area contributed by atoms with Crippen molar-refractivity contribution >= 4 is 11.9 Å². The molecule has 0 saturated heterocycles. The molecule has 0 rings (SSSR count). The molecule has 0 aromatic heterocycles. The lowest BCUT2D eigenvalue weighted by Gasteiger charge is -2.18. The number of rotatable bonds is 42. The van der Waals surface area contributed by atoms with Crippen LogP contribution in [0, 0.1) is 0 Å². The highest BCUT2D eigenvalue weighted by atomic mass is 16.6. The van der Waals surface area contributed by atoms with Crippen molar-refractivity contribution in [3.8, 4) is 0 Å². The molecule has 0 N–H and O–H groups in total. The van der Waals surface area contributed by atoms with E-state index in [0.29, 0.717) is 19.4 Å². The molecule has 0 spiro atoms. The zero-order valence-corrected chi connectivity index (χ0v) is 37.8. The molecular weight excluding hydrogens is 717 g/mol. The largest absolute Gasteiger partial charge is 0.462 e. The fourth-order valence-electron chi connectivity index (χ4n) is 6.08. The van der Waals surface area contributed by atoms with Crippen LogP contribution >= 0.6 is 0 Å². The van der Waals surface area contributed by atoms with E-state index in [1.54, 1.807) is 0 Å². The van der Waals surface area contributed by atoms with Crippen LogP contribution in [0.1, 0.15) is 201 Å². The number of esters is 2. The molecule has 0 bridgehead atoms. The minimum absolute atomic E-state index is 0.0547. The van der Waals surface area contributed by atoms with Crippen molar-refractivity contribution in [2.24, 2.45) is 0 Å². The van der Waals surface area contributed by atoms with Crippen LogP contribution in [0.5, 0.6) is 0 Å². The molecule has 0 radical (unpaired) electrons. The first-order valence-corrected chi connectivity index (χ1v) is 23.8. The van der Waals surface area contributed by atoms with Gasteiger partial charge in [-0.3, -0.25) is 9.59 Å². The van der Waals surface area contributed by atoms with Crippen molar-refractivity contribution in [3.63, 3.8) is 0 Å². The van der Waals surface area contributed by atoms with Gasteiger partial charge in [-0.15, -0.1) is 0 Å². The van der Waals surface area contributed by atoms with E-state index >= 15 is 0 Å². The van der Waals surface area contributed by atoms with E-state index in [2.05, 4.69) is 118 Å². The first kappa shape index (κ1) is 54.8. The summed E-state index contributed by atoms with van der Waals surface area (Å²) in [5, 5.41) is 0. The molecule has 0 fully saturated rings. The Hall–Kier alpha value is -3.18. The Morgan fingerprint density at radius 2 is 0.776 bits per heavy atom. The third-order valence-electron chi connectivity index (χ3n) is 9.58. The highest BCUT2D eigenvalue weighted by Crippen LogP contribution is 2.12. The predicted octanol–water partition coefficient (Wildman–Crippen LogP) is 15.9. The summed E-state index contributed by atoms with van der Waals surface area (Å²) in [4.78, 5) is 25.3. The van der Waals surface area contributed by atoms with Gasteiger partial charge in [-0.05, 0) is 109 Å². The van der Waals surface area contributed by atoms with Crippen molar-refractivity contribution in [1.82, 2.24) is 0 Å². The molecule has 58 heavy (non-hydrogen) atoms. The lowest BCUT2D eigenvalue weighted by atomic mass is 10.1. The van der Waals surface area contributed by atoms with Gasteiger partial charge >= 0.3 is 11.9 Å². The van der Waals surface area contributed by atoms with Crippen molar-refractivity contribution in [2.45, 2.75) is 207 Å². The normalized spacial score (nSPS) is 13.1. The van der Waals surface area contributed by atoms with Crippen LogP contribution in [0.4, 0.5) is 0 Å². The third kappa shape index (κ3) is 45.5.